The molecular formula is C14H22N4O3. The molecule has 7 heteroatoms. The Balaban J connectivity index is 1.66. The van der Waals surface area contributed by atoms with Crippen molar-refractivity contribution in [2.45, 2.75) is 25.7 Å². The number of hydrogen-bond acceptors (Lipinski definition) is 3. The third-order valence-electron chi connectivity index (χ3n) is 3.79. The Hall–Kier alpha value is -2.05. The van der Waals surface area contributed by atoms with Crippen LogP contribution in [0.15, 0.2) is 12.3 Å². The lowest BCUT2D eigenvalue weighted by atomic mass is 9.94. The minimum Gasteiger partial charge on any atom is -0.481 e. The molecule has 1 aliphatic rings. The van der Waals surface area contributed by atoms with Crippen LogP contribution in [-0.4, -0.2) is 51.4 Å². The summed E-state index contributed by atoms with van der Waals surface area (Å²) in [7, 11) is 1.86. The van der Waals surface area contributed by atoms with Gasteiger partial charge in [-0.15, -0.1) is 0 Å². The predicted molar refractivity (Wildman–Crippen MR) is 76.9 cm³/mol. The van der Waals surface area contributed by atoms with E-state index in [0.29, 0.717) is 26.1 Å². The lowest BCUT2D eigenvalue weighted by molar-refractivity contribution is -0.138. The van der Waals surface area contributed by atoms with Gasteiger partial charge in [0.25, 0.3) is 0 Å². The normalized spacial score (nSPS) is 16.0. The van der Waals surface area contributed by atoms with E-state index < -0.39 is 5.97 Å². The van der Waals surface area contributed by atoms with Crippen molar-refractivity contribution in [2.24, 2.45) is 13.0 Å². The van der Waals surface area contributed by atoms with E-state index in [0.717, 1.165) is 18.5 Å². The number of carbonyl (C=O) groups excluding carboxylic acids is 1. The second-order valence-corrected chi connectivity index (χ2v) is 5.49. The van der Waals surface area contributed by atoms with Crippen LogP contribution in [0.25, 0.3) is 0 Å². The summed E-state index contributed by atoms with van der Waals surface area (Å²) in [6.07, 6.45) is 4.32. The maximum atomic E-state index is 12.0. The number of amides is 2. The maximum absolute atomic E-state index is 12.0. The van der Waals surface area contributed by atoms with Gasteiger partial charge in [0.15, 0.2) is 0 Å². The smallest absolute Gasteiger partial charge is 0.317 e. The number of carboxylic acids is 1. The zero-order chi connectivity index (χ0) is 15.2. The van der Waals surface area contributed by atoms with Crippen molar-refractivity contribution in [1.29, 1.82) is 0 Å². The molecule has 0 atom stereocenters. The quantitative estimate of drug-likeness (QED) is 0.843. The Morgan fingerprint density at radius 1 is 1.43 bits per heavy atom. The number of piperidine rings is 1. The summed E-state index contributed by atoms with van der Waals surface area (Å²) in [5.74, 6) is -0.562. The fourth-order valence-electron chi connectivity index (χ4n) is 2.59. The van der Waals surface area contributed by atoms with Gasteiger partial charge in [-0.05, 0) is 24.8 Å². The summed E-state index contributed by atoms with van der Waals surface area (Å²) in [5, 5.41) is 15.9. The summed E-state index contributed by atoms with van der Waals surface area (Å²) in [6, 6.07) is 1.86. The van der Waals surface area contributed by atoms with Gasteiger partial charge in [-0.25, -0.2) is 4.79 Å². The van der Waals surface area contributed by atoms with Crippen molar-refractivity contribution < 1.29 is 14.7 Å². The molecule has 7 nitrogen and oxygen atoms in total. The number of rotatable bonds is 5. The van der Waals surface area contributed by atoms with Crippen molar-refractivity contribution in [3.63, 3.8) is 0 Å². The molecule has 0 aliphatic carbocycles. The van der Waals surface area contributed by atoms with Crippen LogP contribution in [0.1, 0.15) is 25.0 Å². The van der Waals surface area contributed by atoms with Crippen LogP contribution in [0.4, 0.5) is 4.79 Å². The lowest BCUT2D eigenvalue weighted by Crippen LogP contribution is -2.45. The third-order valence-corrected chi connectivity index (χ3v) is 3.79. The number of likely N-dealkylation sites (tertiary alicyclic amines) is 1. The molecule has 2 rings (SSSR count). The Bertz CT molecular complexity index is 492. The lowest BCUT2D eigenvalue weighted by Gasteiger charge is -2.31. The molecule has 21 heavy (non-hydrogen) atoms. The molecule has 1 aliphatic heterocycles. The van der Waals surface area contributed by atoms with Gasteiger partial charge in [-0.1, -0.05) is 0 Å². The average molecular weight is 294 g/mol. The molecule has 2 heterocycles. The first-order valence-electron chi connectivity index (χ1n) is 7.27. The van der Waals surface area contributed by atoms with Gasteiger partial charge in [-0.3, -0.25) is 9.48 Å². The first kappa shape index (κ1) is 15.3. The van der Waals surface area contributed by atoms with Crippen molar-refractivity contribution in [2.75, 3.05) is 19.6 Å². The molecule has 2 amide bonds. The highest BCUT2D eigenvalue weighted by molar-refractivity contribution is 5.74. The summed E-state index contributed by atoms with van der Waals surface area (Å²) < 4.78 is 1.74. The number of nitrogens with one attached hydrogen (secondary N) is 1. The maximum Gasteiger partial charge on any atom is 0.317 e. The van der Waals surface area contributed by atoms with E-state index in [4.69, 9.17) is 5.11 Å². The van der Waals surface area contributed by atoms with Crippen LogP contribution < -0.4 is 5.32 Å². The molecule has 2 N–H and O–H groups in total. The van der Waals surface area contributed by atoms with E-state index in [9.17, 15) is 9.59 Å². The number of nitrogens with zero attached hydrogens (tertiary/aromatic N) is 3. The summed E-state index contributed by atoms with van der Waals surface area (Å²) >= 11 is 0. The van der Waals surface area contributed by atoms with Crippen LogP contribution in [0.5, 0.6) is 0 Å². The standard InChI is InChI=1S/C14H22N4O3/c1-17-7-5-12(16-17)2-6-15-14(21)18-8-3-11(4-9-18)10-13(19)20/h5,7,11H,2-4,6,8-10H2,1H3,(H,15,21)(H,19,20). The monoisotopic (exact) mass is 294 g/mol. The highest BCUT2D eigenvalue weighted by Crippen LogP contribution is 2.20. The van der Waals surface area contributed by atoms with Crippen LogP contribution in [-0.2, 0) is 18.3 Å². The predicted octanol–water partition coefficient (Wildman–Crippen LogP) is 0.859. The molecule has 0 bridgehead atoms. The highest BCUT2D eigenvalue weighted by Gasteiger charge is 2.23. The van der Waals surface area contributed by atoms with Crippen LogP contribution in [0.3, 0.4) is 0 Å². The number of carbonyl (C=O) groups is 2. The zero-order valence-corrected chi connectivity index (χ0v) is 12.3. The average Bonchev–Trinajstić information content (AvgIpc) is 2.84. The zero-order valence-electron chi connectivity index (χ0n) is 12.3. The molecule has 1 aromatic heterocycles. The van der Waals surface area contributed by atoms with E-state index in [1.165, 1.54) is 0 Å². The second-order valence-electron chi connectivity index (χ2n) is 5.49. The topological polar surface area (TPSA) is 87.5 Å². The molecule has 0 aromatic carbocycles. The third kappa shape index (κ3) is 4.77. The van der Waals surface area contributed by atoms with Gasteiger partial charge in [-0.2, -0.15) is 5.10 Å². The van der Waals surface area contributed by atoms with Gasteiger partial charge < -0.3 is 15.3 Å². The first-order chi connectivity index (χ1) is 10.0. The van der Waals surface area contributed by atoms with Gasteiger partial charge in [0.05, 0.1) is 5.69 Å². The van der Waals surface area contributed by atoms with Gasteiger partial charge >= 0.3 is 12.0 Å². The second kappa shape index (κ2) is 7.10. The number of urea groups is 1. The van der Waals surface area contributed by atoms with E-state index in [-0.39, 0.29) is 18.4 Å². The summed E-state index contributed by atoms with van der Waals surface area (Å²) in [4.78, 5) is 24.4. The van der Waals surface area contributed by atoms with Gasteiger partial charge in [0.2, 0.25) is 0 Å². The Kier molecular flexibility index (Phi) is 5.19. The molecular weight excluding hydrogens is 272 g/mol. The molecule has 0 unspecified atom stereocenters. The van der Waals surface area contributed by atoms with Gasteiger partial charge in [0.1, 0.15) is 0 Å². The van der Waals surface area contributed by atoms with E-state index >= 15 is 0 Å². The molecule has 1 aromatic rings. The van der Waals surface area contributed by atoms with Crippen LogP contribution >= 0.6 is 0 Å². The van der Waals surface area contributed by atoms with E-state index in [1.54, 1.807) is 9.58 Å². The number of aromatic nitrogens is 2. The Morgan fingerprint density at radius 2 is 2.14 bits per heavy atom. The van der Waals surface area contributed by atoms with Crippen LogP contribution in [0, 0.1) is 5.92 Å². The first-order valence-corrected chi connectivity index (χ1v) is 7.27. The van der Waals surface area contributed by atoms with E-state index in [2.05, 4.69) is 10.4 Å². The Labute approximate surface area is 123 Å². The number of hydrogen-bond donors (Lipinski definition) is 2. The van der Waals surface area contributed by atoms with Crippen molar-refractivity contribution in [1.82, 2.24) is 20.0 Å². The fourth-order valence-corrected chi connectivity index (χ4v) is 2.59. The number of carboxylic acid groups (broad SMARTS) is 1. The summed E-state index contributed by atoms with van der Waals surface area (Å²) in [6.45, 7) is 1.83. The number of aryl methyl sites for hydroxylation is 1. The van der Waals surface area contributed by atoms with E-state index in [1.807, 2.05) is 19.3 Å². The fraction of sp³-hybridized carbons (Fsp3) is 0.643. The molecule has 0 saturated carbocycles. The number of aliphatic carboxylic acids is 1. The molecule has 0 radical (unpaired) electrons. The van der Waals surface area contributed by atoms with Crippen molar-refractivity contribution >= 4 is 12.0 Å². The largest absolute Gasteiger partial charge is 0.481 e. The minimum atomic E-state index is -0.756. The Morgan fingerprint density at radius 3 is 2.71 bits per heavy atom. The SMILES string of the molecule is Cn1ccc(CCNC(=O)N2CCC(CC(=O)O)CC2)n1. The van der Waals surface area contributed by atoms with Crippen LogP contribution in [0.2, 0.25) is 0 Å². The highest BCUT2D eigenvalue weighted by atomic mass is 16.4. The minimum absolute atomic E-state index is 0.0697. The molecule has 0 spiro atoms. The molecule has 1 fully saturated rings. The van der Waals surface area contributed by atoms with Gasteiger partial charge in [0, 0.05) is 45.7 Å². The molecule has 1 saturated heterocycles. The summed E-state index contributed by atoms with van der Waals surface area (Å²) in [5.41, 5.74) is 0.956. The van der Waals surface area contributed by atoms with Crippen molar-refractivity contribution in [3.05, 3.63) is 18.0 Å². The van der Waals surface area contributed by atoms with Crippen molar-refractivity contribution in [3.8, 4) is 0 Å². The molecule has 116 valence electrons.